The van der Waals surface area contributed by atoms with Crippen molar-refractivity contribution in [1.82, 2.24) is 0 Å². The normalized spacial score (nSPS) is 12.1. The van der Waals surface area contributed by atoms with Crippen LogP contribution in [0.25, 0.3) is 0 Å². The van der Waals surface area contributed by atoms with Crippen molar-refractivity contribution in [3.05, 3.63) is 56.8 Å². The van der Waals surface area contributed by atoms with Gasteiger partial charge in [-0.25, -0.2) is 4.39 Å². The first-order valence-electron chi connectivity index (χ1n) is 5.98. The highest BCUT2D eigenvalue weighted by atomic mass is 79.9. The first-order chi connectivity index (χ1) is 9.97. The van der Waals surface area contributed by atoms with Gasteiger partial charge in [0.25, 0.3) is 0 Å². The molecule has 112 valence electrons. The fraction of sp³-hybridized carbons (Fsp3) is 0.200. The molecule has 0 aliphatic carbocycles. The van der Waals surface area contributed by atoms with Gasteiger partial charge in [-0.15, -0.1) is 11.6 Å². The summed E-state index contributed by atoms with van der Waals surface area (Å²) in [4.78, 5) is 0. The third kappa shape index (κ3) is 3.44. The summed E-state index contributed by atoms with van der Waals surface area (Å²) >= 11 is 15.9. The molecule has 6 heteroatoms. The van der Waals surface area contributed by atoms with E-state index in [1.165, 1.54) is 26.4 Å². The van der Waals surface area contributed by atoms with E-state index in [0.717, 1.165) is 0 Å². The monoisotopic (exact) mass is 392 g/mol. The molecular weight excluding hydrogens is 382 g/mol. The average molecular weight is 394 g/mol. The molecule has 1 unspecified atom stereocenters. The van der Waals surface area contributed by atoms with E-state index in [2.05, 4.69) is 15.9 Å². The Morgan fingerprint density at radius 3 is 2.43 bits per heavy atom. The summed E-state index contributed by atoms with van der Waals surface area (Å²) in [7, 11) is 2.95. The number of alkyl halides is 1. The van der Waals surface area contributed by atoms with E-state index in [1.54, 1.807) is 18.2 Å². The number of benzene rings is 2. The Hall–Kier alpha value is -0.970. The van der Waals surface area contributed by atoms with Gasteiger partial charge in [0, 0.05) is 10.6 Å². The van der Waals surface area contributed by atoms with Gasteiger partial charge in [-0.2, -0.15) is 0 Å². The number of hydrogen-bond donors (Lipinski definition) is 0. The van der Waals surface area contributed by atoms with E-state index in [-0.39, 0.29) is 5.75 Å². The van der Waals surface area contributed by atoms with Gasteiger partial charge in [0.15, 0.2) is 11.6 Å². The van der Waals surface area contributed by atoms with Crippen molar-refractivity contribution >= 4 is 39.1 Å². The Morgan fingerprint density at radius 1 is 1.14 bits per heavy atom. The molecule has 0 N–H and O–H groups in total. The molecule has 2 nitrogen and oxygen atoms in total. The van der Waals surface area contributed by atoms with Crippen LogP contribution in [0.15, 0.2) is 34.8 Å². The second-order valence-corrected chi connectivity index (χ2v) is 5.99. The molecule has 0 bridgehead atoms. The molecule has 1 atom stereocenters. The molecule has 0 aliphatic heterocycles. The van der Waals surface area contributed by atoms with Gasteiger partial charge in [0.2, 0.25) is 0 Å². The summed E-state index contributed by atoms with van der Waals surface area (Å²) in [6.45, 7) is 0. The summed E-state index contributed by atoms with van der Waals surface area (Å²) in [5.41, 5.74) is 1.24. The predicted octanol–water partition coefficient (Wildman–Crippen LogP) is 5.59. The largest absolute Gasteiger partial charge is 0.495 e. The van der Waals surface area contributed by atoms with Crippen LogP contribution in [0.4, 0.5) is 4.39 Å². The Balaban J connectivity index is 2.49. The molecule has 0 saturated carbocycles. The van der Waals surface area contributed by atoms with Gasteiger partial charge in [0.1, 0.15) is 5.75 Å². The lowest BCUT2D eigenvalue weighted by atomic mass is 10.0. The van der Waals surface area contributed by atoms with Crippen LogP contribution in [0.2, 0.25) is 5.02 Å². The van der Waals surface area contributed by atoms with Crippen molar-refractivity contribution in [2.45, 2.75) is 5.38 Å². The second kappa shape index (κ2) is 6.86. The van der Waals surface area contributed by atoms with Crippen LogP contribution < -0.4 is 9.47 Å². The summed E-state index contributed by atoms with van der Waals surface area (Å²) in [6, 6.07) is 7.98. The van der Waals surface area contributed by atoms with E-state index < -0.39 is 11.2 Å². The minimum absolute atomic E-state index is 0.168. The zero-order valence-electron chi connectivity index (χ0n) is 11.3. The first kappa shape index (κ1) is 16.4. The highest BCUT2D eigenvalue weighted by Crippen LogP contribution is 2.41. The molecule has 0 heterocycles. The van der Waals surface area contributed by atoms with E-state index in [0.29, 0.717) is 26.4 Å². The molecule has 0 aromatic heterocycles. The minimum atomic E-state index is -0.602. The molecule has 2 aromatic carbocycles. The summed E-state index contributed by atoms with van der Waals surface area (Å²) in [5.74, 6) is 0.262. The molecule has 0 radical (unpaired) electrons. The molecule has 0 aliphatic rings. The first-order valence-corrected chi connectivity index (χ1v) is 7.59. The maximum atomic E-state index is 13.8. The minimum Gasteiger partial charge on any atom is -0.495 e. The average Bonchev–Trinajstić information content (AvgIpc) is 2.45. The lowest BCUT2D eigenvalue weighted by molar-refractivity contribution is 0.386. The van der Waals surface area contributed by atoms with Gasteiger partial charge >= 0.3 is 0 Å². The highest BCUT2D eigenvalue weighted by Gasteiger charge is 2.20. The maximum absolute atomic E-state index is 13.8. The topological polar surface area (TPSA) is 18.5 Å². The van der Waals surface area contributed by atoms with E-state index in [9.17, 15) is 4.39 Å². The number of rotatable bonds is 4. The van der Waals surface area contributed by atoms with Crippen LogP contribution in [0.5, 0.6) is 11.5 Å². The van der Waals surface area contributed by atoms with Crippen LogP contribution in [0, 0.1) is 5.82 Å². The van der Waals surface area contributed by atoms with Crippen molar-refractivity contribution < 1.29 is 13.9 Å². The lowest BCUT2D eigenvalue weighted by Gasteiger charge is -2.17. The maximum Gasteiger partial charge on any atom is 0.165 e. The fourth-order valence-corrected chi connectivity index (χ4v) is 3.30. The Bertz CT molecular complexity index is 664. The van der Waals surface area contributed by atoms with Crippen LogP contribution >= 0.6 is 39.1 Å². The molecule has 0 fully saturated rings. The van der Waals surface area contributed by atoms with Crippen LogP contribution in [0.1, 0.15) is 16.5 Å². The van der Waals surface area contributed by atoms with Crippen molar-refractivity contribution in [2.24, 2.45) is 0 Å². The van der Waals surface area contributed by atoms with Gasteiger partial charge in [-0.1, -0.05) is 17.7 Å². The number of hydrogen-bond acceptors (Lipinski definition) is 2. The van der Waals surface area contributed by atoms with Crippen LogP contribution in [-0.4, -0.2) is 14.2 Å². The van der Waals surface area contributed by atoms with Crippen LogP contribution in [-0.2, 0) is 0 Å². The molecular formula is C15H12BrCl2FO2. The van der Waals surface area contributed by atoms with Crippen molar-refractivity contribution in [1.29, 1.82) is 0 Å². The molecule has 2 rings (SSSR count). The van der Waals surface area contributed by atoms with Crippen molar-refractivity contribution in [3.8, 4) is 11.5 Å². The Labute approximate surface area is 140 Å². The van der Waals surface area contributed by atoms with Crippen LogP contribution in [0.3, 0.4) is 0 Å². The quantitative estimate of drug-likeness (QED) is 0.630. The molecule has 0 amide bonds. The number of methoxy groups -OCH3 is 2. The molecule has 21 heavy (non-hydrogen) atoms. The Morgan fingerprint density at radius 2 is 1.86 bits per heavy atom. The number of ether oxygens (including phenoxy) is 2. The van der Waals surface area contributed by atoms with Gasteiger partial charge in [-0.05, 0) is 45.8 Å². The third-order valence-electron chi connectivity index (χ3n) is 2.98. The summed E-state index contributed by atoms with van der Waals surface area (Å²) < 4.78 is 24.7. The van der Waals surface area contributed by atoms with Crippen molar-refractivity contribution in [2.75, 3.05) is 14.2 Å². The highest BCUT2D eigenvalue weighted by molar-refractivity contribution is 9.10. The fourth-order valence-electron chi connectivity index (χ4n) is 2.00. The van der Waals surface area contributed by atoms with Gasteiger partial charge in [-0.3, -0.25) is 0 Å². The predicted molar refractivity (Wildman–Crippen MR) is 86.4 cm³/mol. The molecule has 2 aromatic rings. The smallest absolute Gasteiger partial charge is 0.165 e. The number of halogens is 4. The van der Waals surface area contributed by atoms with Gasteiger partial charge < -0.3 is 9.47 Å². The molecule has 0 saturated heterocycles. The SMILES string of the molecule is COc1ccc(C(Cl)c2cc(Cl)cc(Br)c2OC)cc1F. The summed E-state index contributed by atoms with van der Waals surface area (Å²) in [5, 5.41) is -0.0901. The molecule has 0 spiro atoms. The zero-order valence-corrected chi connectivity index (χ0v) is 14.4. The standard InChI is InChI=1S/C15H12BrCl2FO2/c1-20-13-4-3-8(5-12(13)19)14(18)10-6-9(17)7-11(16)15(10)21-2/h3-7,14H,1-2H3. The Kier molecular flexibility index (Phi) is 5.36. The lowest BCUT2D eigenvalue weighted by Crippen LogP contribution is -2.00. The van der Waals surface area contributed by atoms with E-state index in [4.69, 9.17) is 32.7 Å². The second-order valence-electron chi connectivity index (χ2n) is 4.27. The van der Waals surface area contributed by atoms with Gasteiger partial charge in [0.05, 0.1) is 24.1 Å². The van der Waals surface area contributed by atoms with E-state index >= 15 is 0 Å². The summed E-state index contributed by atoms with van der Waals surface area (Å²) in [6.07, 6.45) is 0. The van der Waals surface area contributed by atoms with E-state index in [1.807, 2.05) is 0 Å². The zero-order chi connectivity index (χ0) is 15.6. The van der Waals surface area contributed by atoms with Crippen molar-refractivity contribution in [3.63, 3.8) is 0 Å². The third-order valence-corrected chi connectivity index (χ3v) is 4.28.